The third-order valence-electron chi connectivity index (χ3n) is 3.80. The molecule has 0 saturated carbocycles. The van der Waals surface area contributed by atoms with Gasteiger partial charge in [0.25, 0.3) is 0 Å². The standard InChI is InChI=1S/C19H18O6/c1-21-14-7-4-12(5-8-14)15(20)9-6-13-10-16-18(25-11-24-16)19(23-3)17(13)22-2/h4-10H,11H2,1-3H3. The molecular weight excluding hydrogens is 324 g/mol. The Kier molecular flexibility index (Phi) is 4.79. The van der Waals surface area contributed by atoms with Gasteiger partial charge < -0.3 is 23.7 Å². The van der Waals surface area contributed by atoms with Gasteiger partial charge in [0.1, 0.15) is 5.75 Å². The normalized spacial score (nSPS) is 12.3. The topological polar surface area (TPSA) is 63.2 Å². The smallest absolute Gasteiger partial charge is 0.231 e. The highest BCUT2D eigenvalue weighted by Crippen LogP contribution is 2.49. The van der Waals surface area contributed by atoms with Gasteiger partial charge in [0.2, 0.25) is 18.3 Å². The summed E-state index contributed by atoms with van der Waals surface area (Å²) in [5, 5.41) is 0. The molecule has 1 aliphatic rings. The summed E-state index contributed by atoms with van der Waals surface area (Å²) in [5.41, 5.74) is 1.22. The number of allylic oxidation sites excluding steroid dienone is 1. The van der Waals surface area contributed by atoms with Gasteiger partial charge in [-0.2, -0.15) is 0 Å². The van der Waals surface area contributed by atoms with Gasteiger partial charge in [0.15, 0.2) is 17.3 Å². The number of benzene rings is 2. The molecule has 6 nitrogen and oxygen atoms in total. The van der Waals surface area contributed by atoms with Crippen LogP contribution in [0.5, 0.6) is 28.7 Å². The molecule has 0 aromatic heterocycles. The van der Waals surface area contributed by atoms with Crippen molar-refractivity contribution in [3.63, 3.8) is 0 Å². The molecule has 3 rings (SSSR count). The maximum absolute atomic E-state index is 12.3. The number of ketones is 1. The molecule has 0 radical (unpaired) electrons. The van der Waals surface area contributed by atoms with Gasteiger partial charge >= 0.3 is 0 Å². The molecule has 2 aromatic carbocycles. The molecule has 0 fully saturated rings. The first-order chi connectivity index (χ1) is 12.2. The first-order valence-electron chi connectivity index (χ1n) is 7.59. The van der Waals surface area contributed by atoms with Crippen LogP contribution in [0.3, 0.4) is 0 Å². The minimum Gasteiger partial charge on any atom is -0.497 e. The van der Waals surface area contributed by atoms with Crippen LogP contribution in [0.4, 0.5) is 0 Å². The number of hydrogen-bond donors (Lipinski definition) is 0. The first kappa shape index (κ1) is 16.7. The van der Waals surface area contributed by atoms with Crippen LogP contribution in [-0.2, 0) is 0 Å². The van der Waals surface area contributed by atoms with E-state index in [0.29, 0.717) is 39.9 Å². The van der Waals surface area contributed by atoms with Crippen molar-refractivity contribution < 1.29 is 28.5 Å². The van der Waals surface area contributed by atoms with Crippen molar-refractivity contribution in [3.05, 3.63) is 47.5 Å². The number of ether oxygens (including phenoxy) is 5. The zero-order valence-electron chi connectivity index (χ0n) is 14.2. The first-order valence-corrected chi connectivity index (χ1v) is 7.59. The quantitative estimate of drug-likeness (QED) is 0.593. The number of fused-ring (bicyclic) bond motifs is 1. The van der Waals surface area contributed by atoms with Crippen LogP contribution in [0.1, 0.15) is 15.9 Å². The Bertz CT molecular complexity index is 808. The molecule has 0 N–H and O–H groups in total. The van der Waals surface area contributed by atoms with Gasteiger partial charge in [0.05, 0.1) is 21.3 Å². The van der Waals surface area contributed by atoms with Crippen LogP contribution in [0, 0.1) is 0 Å². The third kappa shape index (κ3) is 3.24. The second kappa shape index (κ2) is 7.17. The minimum atomic E-state index is -0.138. The zero-order chi connectivity index (χ0) is 17.8. The molecule has 0 atom stereocenters. The van der Waals surface area contributed by atoms with Crippen LogP contribution < -0.4 is 23.7 Å². The Hall–Kier alpha value is -3.15. The average Bonchev–Trinajstić information content (AvgIpc) is 3.12. The van der Waals surface area contributed by atoms with E-state index in [1.807, 2.05) is 0 Å². The molecule has 0 bridgehead atoms. The Labute approximate surface area is 145 Å². The van der Waals surface area contributed by atoms with Crippen molar-refractivity contribution in [1.29, 1.82) is 0 Å². The van der Waals surface area contributed by atoms with Crippen molar-refractivity contribution in [2.24, 2.45) is 0 Å². The van der Waals surface area contributed by atoms with Crippen molar-refractivity contribution in [3.8, 4) is 28.7 Å². The molecule has 25 heavy (non-hydrogen) atoms. The predicted octanol–water partition coefficient (Wildman–Crippen LogP) is 3.34. The van der Waals surface area contributed by atoms with E-state index < -0.39 is 0 Å². The summed E-state index contributed by atoms with van der Waals surface area (Å²) in [5.74, 6) is 2.52. The summed E-state index contributed by atoms with van der Waals surface area (Å²) in [6.07, 6.45) is 3.14. The van der Waals surface area contributed by atoms with E-state index in [1.54, 1.807) is 43.5 Å². The maximum Gasteiger partial charge on any atom is 0.231 e. The third-order valence-corrected chi connectivity index (χ3v) is 3.80. The van der Waals surface area contributed by atoms with E-state index in [2.05, 4.69) is 0 Å². The van der Waals surface area contributed by atoms with E-state index in [-0.39, 0.29) is 12.6 Å². The van der Waals surface area contributed by atoms with Crippen molar-refractivity contribution in [2.45, 2.75) is 0 Å². The largest absolute Gasteiger partial charge is 0.497 e. The highest BCUT2D eigenvalue weighted by Gasteiger charge is 2.25. The molecular formula is C19H18O6. The Morgan fingerprint density at radius 1 is 1.00 bits per heavy atom. The van der Waals surface area contributed by atoms with Crippen LogP contribution in [0.25, 0.3) is 6.08 Å². The molecule has 0 aliphatic carbocycles. The van der Waals surface area contributed by atoms with E-state index in [4.69, 9.17) is 23.7 Å². The van der Waals surface area contributed by atoms with Gasteiger partial charge in [-0.15, -0.1) is 0 Å². The number of carbonyl (C=O) groups is 1. The van der Waals surface area contributed by atoms with E-state index in [0.717, 1.165) is 0 Å². The van der Waals surface area contributed by atoms with Gasteiger partial charge in [-0.3, -0.25) is 4.79 Å². The summed E-state index contributed by atoms with van der Waals surface area (Å²) in [4.78, 5) is 12.3. The molecule has 0 saturated heterocycles. The number of rotatable bonds is 6. The maximum atomic E-state index is 12.3. The van der Waals surface area contributed by atoms with E-state index in [1.165, 1.54) is 20.3 Å². The molecule has 1 heterocycles. The lowest BCUT2D eigenvalue weighted by atomic mass is 10.1. The van der Waals surface area contributed by atoms with Crippen molar-refractivity contribution >= 4 is 11.9 Å². The highest BCUT2D eigenvalue weighted by molar-refractivity contribution is 6.07. The summed E-state index contributed by atoms with van der Waals surface area (Å²) in [7, 11) is 4.63. The summed E-state index contributed by atoms with van der Waals surface area (Å²) < 4.78 is 26.7. The van der Waals surface area contributed by atoms with Crippen LogP contribution >= 0.6 is 0 Å². The lowest BCUT2D eigenvalue weighted by Gasteiger charge is -2.12. The second-order valence-electron chi connectivity index (χ2n) is 5.19. The lowest BCUT2D eigenvalue weighted by molar-refractivity contribution is 0.104. The molecule has 6 heteroatoms. The van der Waals surface area contributed by atoms with Crippen LogP contribution in [0.2, 0.25) is 0 Å². The zero-order valence-corrected chi connectivity index (χ0v) is 14.2. The minimum absolute atomic E-state index is 0.118. The Morgan fingerprint density at radius 2 is 1.72 bits per heavy atom. The Balaban J connectivity index is 1.91. The van der Waals surface area contributed by atoms with E-state index in [9.17, 15) is 4.79 Å². The molecule has 130 valence electrons. The summed E-state index contributed by atoms with van der Waals surface area (Å²) in [6.45, 7) is 0.118. The van der Waals surface area contributed by atoms with Gasteiger partial charge in [-0.25, -0.2) is 0 Å². The van der Waals surface area contributed by atoms with Crippen molar-refractivity contribution in [1.82, 2.24) is 0 Å². The second-order valence-corrected chi connectivity index (χ2v) is 5.19. The molecule has 0 spiro atoms. The number of hydrogen-bond acceptors (Lipinski definition) is 6. The lowest BCUT2D eigenvalue weighted by Crippen LogP contribution is -1.97. The number of methoxy groups -OCH3 is 3. The van der Waals surface area contributed by atoms with E-state index >= 15 is 0 Å². The van der Waals surface area contributed by atoms with Crippen molar-refractivity contribution in [2.75, 3.05) is 28.1 Å². The molecule has 2 aromatic rings. The fraction of sp³-hybridized carbons (Fsp3) is 0.211. The molecule has 1 aliphatic heterocycles. The average molecular weight is 342 g/mol. The fourth-order valence-electron chi connectivity index (χ4n) is 2.55. The molecule has 0 amide bonds. The van der Waals surface area contributed by atoms with Crippen LogP contribution in [-0.4, -0.2) is 33.9 Å². The SMILES string of the molecule is COc1ccc(C(=O)C=Cc2cc3c(c(OC)c2OC)OCO3)cc1. The van der Waals surface area contributed by atoms with Gasteiger partial charge in [-0.05, 0) is 42.5 Å². The summed E-state index contributed by atoms with van der Waals surface area (Å²) in [6, 6.07) is 8.66. The van der Waals surface area contributed by atoms with Gasteiger partial charge in [0, 0.05) is 11.1 Å². The summed E-state index contributed by atoms with van der Waals surface area (Å²) >= 11 is 0. The Morgan fingerprint density at radius 3 is 2.36 bits per heavy atom. The highest BCUT2D eigenvalue weighted by atomic mass is 16.7. The fourth-order valence-corrected chi connectivity index (χ4v) is 2.55. The number of carbonyl (C=O) groups excluding carboxylic acids is 1. The predicted molar refractivity (Wildman–Crippen MR) is 92.0 cm³/mol. The van der Waals surface area contributed by atoms with Crippen LogP contribution in [0.15, 0.2) is 36.4 Å². The molecule has 0 unspecified atom stereocenters. The van der Waals surface area contributed by atoms with Gasteiger partial charge in [-0.1, -0.05) is 0 Å². The monoisotopic (exact) mass is 342 g/mol.